The minimum atomic E-state index is -0.400. The third-order valence-corrected chi connectivity index (χ3v) is 3.33. The lowest BCUT2D eigenvalue weighted by Gasteiger charge is -2.26. The topological polar surface area (TPSA) is 55.1 Å². The van der Waals surface area contributed by atoms with E-state index in [-0.39, 0.29) is 11.3 Å². The van der Waals surface area contributed by atoms with Gasteiger partial charge in [0, 0.05) is 6.54 Å². The van der Waals surface area contributed by atoms with E-state index in [1.807, 2.05) is 18.2 Å². The fourth-order valence-electron chi connectivity index (χ4n) is 2.28. The van der Waals surface area contributed by atoms with Crippen LogP contribution in [0, 0.1) is 11.3 Å². The highest BCUT2D eigenvalue weighted by atomic mass is 16.2. The Labute approximate surface area is 122 Å². The molecule has 0 unspecified atom stereocenters. The number of hydrogen-bond acceptors (Lipinski definition) is 2. The zero-order valence-corrected chi connectivity index (χ0v) is 13.1. The van der Waals surface area contributed by atoms with Crippen molar-refractivity contribution < 1.29 is 4.79 Å². The van der Waals surface area contributed by atoms with Gasteiger partial charge in [-0.1, -0.05) is 58.0 Å². The van der Waals surface area contributed by atoms with Gasteiger partial charge in [0.15, 0.2) is 0 Å². The molecular formula is C17H28N2O. The molecule has 1 rings (SSSR count). The van der Waals surface area contributed by atoms with Crippen LogP contribution in [0.25, 0.3) is 0 Å². The minimum Gasteiger partial charge on any atom is -0.354 e. The molecule has 20 heavy (non-hydrogen) atoms. The predicted octanol–water partition coefficient (Wildman–Crippen LogP) is 2.74. The Morgan fingerprint density at radius 3 is 2.40 bits per heavy atom. The maximum absolute atomic E-state index is 11.9. The first kappa shape index (κ1) is 16.7. The molecule has 0 radical (unpaired) electrons. The van der Waals surface area contributed by atoms with Crippen LogP contribution in [0.5, 0.6) is 0 Å². The molecule has 0 aliphatic heterocycles. The zero-order valence-electron chi connectivity index (χ0n) is 13.1. The quantitative estimate of drug-likeness (QED) is 0.804. The van der Waals surface area contributed by atoms with E-state index < -0.39 is 6.04 Å². The van der Waals surface area contributed by atoms with Crippen molar-refractivity contribution in [2.24, 2.45) is 17.1 Å². The summed E-state index contributed by atoms with van der Waals surface area (Å²) in [6, 6.07) is 9.94. The van der Waals surface area contributed by atoms with Crippen LogP contribution in [0.2, 0.25) is 0 Å². The summed E-state index contributed by atoms with van der Waals surface area (Å²) < 4.78 is 0. The number of rotatable bonds is 7. The number of carbonyl (C=O) groups is 1. The Kier molecular flexibility index (Phi) is 6.21. The van der Waals surface area contributed by atoms with Crippen LogP contribution in [-0.2, 0) is 11.2 Å². The Hall–Kier alpha value is -1.35. The molecule has 0 saturated heterocycles. The number of carbonyl (C=O) groups excluding carboxylic acids is 1. The number of amides is 1. The van der Waals surface area contributed by atoms with Crippen molar-refractivity contribution >= 4 is 5.91 Å². The van der Waals surface area contributed by atoms with E-state index in [1.54, 1.807) is 0 Å². The molecule has 1 amide bonds. The molecule has 112 valence electrons. The fourth-order valence-corrected chi connectivity index (χ4v) is 2.28. The normalized spacial score (nSPS) is 13.3. The van der Waals surface area contributed by atoms with Crippen LogP contribution < -0.4 is 11.1 Å². The first-order valence-corrected chi connectivity index (χ1v) is 7.37. The van der Waals surface area contributed by atoms with Crippen molar-refractivity contribution in [2.75, 3.05) is 6.54 Å². The zero-order chi connectivity index (χ0) is 15.2. The summed E-state index contributed by atoms with van der Waals surface area (Å²) in [6.07, 6.45) is 1.67. The summed E-state index contributed by atoms with van der Waals surface area (Å²) >= 11 is 0. The highest BCUT2D eigenvalue weighted by Gasteiger charge is 2.21. The monoisotopic (exact) mass is 276 g/mol. The number of nitrogens with one attached hydrogen (secondary N) is 1. The van der Waals surface area contributed by atoms with Gasteiger partial charge in [-0.05, 0) is 29.7 Å². The minimum absolute atomic E-state index is 0.0224. The van der Waals surface area contributed by atoms with Crippen molar-refractivity contribution in [3.05, 3.63) is 35.9 Å². The molecule has 0 fully saturated rings. The molecule has 1 aromatic rings. The molecule has 0 bridgehead atoms. The van der Waals surface area contributed by atoms with Crippen LogP contribution in [0.1, 0.15) is 39.7 Å². The lowest BCUT2D eigenvalue weighted by molar-refractivity contribution is -0.123. The van der Waals surface area contributed by atoms with Crippen LogP contribution in [0.3, 0.4) is 0 Å². The first-order valence-electron chi connectivity index (χ1n) is 7.37. The van der Waals surface area contributed by atoms with E-state index in [9.17, 15) is 4.79 Å². The average molecular weight is 276 g/mol. The van der Waals surface area contributed by atoms with Crippen molar-refractivity contribution in [2.45, 2.75) is 46.6 Å². The second-order valence-corrected chi connectivity index (χ2v) is 6.78. The number of nitrogens with two attached hydrogens (primary N) is 1. The molecule has 0 aliphatic carbocycles. The molecule has 0 heterocycles. The van der Waals surface area contributed by atoms with E-state index in [2.05, 4.69) is 45.1 Å². The molecule has 1 atom stereocenters. The van der Waals surface area contributed by atoms with Gasteiger partial charge in [0.25, 0.3) is 0 Å². The highest BCUT2D eigenvalue weighted by Crippen LogP contribution is 2.20. The third-order valence-electron chi connectivity index (χ3n) is 3.33. The Bertz CT molecular complexity index is 412. The van der Waals surface area contributed by atoms with Crippen molar-refractivity contribution in [1.29, 1.82) is 0 Å². The van der Waals surface area contributed by atoms with Gasteiger partial charge in [-0.3, -0.25) is 4.79 Å². The van der Waals surface area contributed by atoms with Crippen molar-refractivity contribution in [1.82, 2.24) is 5.32 Å². The predicted molar refractivity (Wildman–Crippen MR) is 84.4 cm³/mol. The van der Waals surface area contributed by atoms with Crippen molar-refractivity contribution in [3.8, 4) is 0 Å². The maximum atomic E-state index is 11.9. The molecule has 0 saturated carbocycles. The van der Waals surface area contributed by atoms with Crippen LogP contribution in [0.4, 0.5) is 0 Å². The average Bonchev–Trinajstić information content (AvgIpc) is 2.36. The van der Waals surface area contributed by atoms with Gasteiger partial charge >= 0.3 is 0 Å². The van der Waals surface area contributed by atoms with Gasteiger partial charge in [0.1, 0.15) is 0 Å². The molecule has 0 aliphatic rings. The Morgan fingerprint density at radius 2 is 1.85 bits per heavy atom. The lowest BCUT2D eigenvalue weighted by atomic mass is 9.85. The smallest absolute Gasteiger partial charge is 0.236 e. The molecule has 0 aromatic heterocycles. The molecule has 1 aromatic carbocycles. The van der Waals surface area contributed by atoms with Crippen molar-refractivity contribution in [3.63, 3.8) is 0 Å². The van der Waals surface area contributed by atoms with Gasteiger partial charge in [-0.2, -0.15) is 0 Å². The summed E-state index contributed by atoms with van der Waals surface area (Å²) in [5.41, 5.74) is 7.20. The Balaban J connectivity index is 2.45. The lowest BCUT2D eigenvalue weighted by Crippen LogP contribution is -2.45. The number of benzene rings is 1. The van der Waals surface area contributed by atoms with E-state index in [4.69, 9.17) is 5.73 Å². The van der Waals surface area contributed by atoms with E-state index in [1.165, 1.54) is 5.56 Å². The summed E-state index contributed by atoms with van der Waals surface area (Å²) in [5.74, 6) is 0.396. The highest BCUT2D eigenvalue weighted by molar-refractivity contribution is 5.81. The summed E-state index contributed by atoms with van der Waals surface area (Å²) in [5, 5.41) is 2.98. The van der Waals surface area contributed by atoms with Crippen LogP contribution in [-0.4, -0.2) is 18.5 Å². The fraction of sp³-hybridized carbons (Fsp3) is 0.588. The first-order chi connectivity index (χ1) is 9.30. The second kappa shape index (κ2) is 7.44. The van der Waals surface area contributed by atoms with E-state index in [0.29, 0.717) is 12.5 Å². The standard InChI is InChI=1S/C17H28N2O/c1-13(2)10-15(18)16(20)19-12-17(3,4)11-14-8-6-5-7-9-14/h5-9,13,15H,10-12,18H2,1-4H3,(H,19,20)/t15-/m0/s1. The van der Waals surface area contributed by atoms with Gasteiger partial charge < -0.3 is 11.1 Å². The number of hydrogen-bond donors (Lipinski definition) is 2. The molecule has 0 spiro atoms. The van der Waals surface area contributed by atoms with Crippen LogP contribution in [0.15, 0.2) is 30.3 Å². The maximum Gasteiger partial charge on any atom is 0.236 e. The SMILES string of the molecule is CC(C)C[C@H](N)C(=O)NCC(C)(C)Cc1ccccc1. The largest absolute Gasteiger partial charge is 0.354 e. The van der Waals surface area contributed by atoms with Gasteiger partial charge in [-0.15, -0.1) is 0 Å². The van der Waals surface area contributed by atoms with Gasteiger partial charge in [-0.25, -0.2) is 0 Å². The van der Waals surface area contributed by atoms with Crippen LogP contribution >= 0.6 is 0 Å². The molecular weight excluding hydrogens is 248 g/mol. The van der Waals surface area contributed by atoms with E-state index in [0.717, 1.165) is 12.8 Å². The van der Waals surface area contributed by atoms with E-state index >= 15 is 0 Å². The Morgan fingerprint density at radius 1 is 1.25 bits per heavy atom. The third kappa shape index (κ3) is 6.20. The molecule has 3 N–H and O–H groups in total. The summed E-state index contributed by atoms with van der Waals surface area (Å²) in [4.78, 5) is 11.9. The summed E-state index contributed by atoms with van der Waals surface area (Å²) in [6.45, 7) is 9.12. The van der Waals surface area contributed by atoms with Gasteiger partial charge in [0.05, 0.1) is 6.04 Å². The molecule has 3 heteroatoms. The second-order valence-electron chi connectivity index (χ2n) is 6.78. The van der Waals surface area contributed by atoms with Gasteiger partial charge in [0.2, 0.25) is 5.91 Å². The molecule has 3 nitrogen and oxygen atoms in total. The summed E-state index contributed by atoms with van der Waals surface area (Å²) in [7, 11) is 0.